The fraction of sp³-hybridized carbons (Fsp3) is 0.400. The lowest BCUT2D eigenvalue weighted by molar-refractivity contribution is 0.0845. The molecule has 120 valence electrons. The second-order valence-electron chi connectivity index (χ2n) is 8.43. The van der Waals surface area contributed by atoms with Crippen molar-refractivity contribution in [2.24, 2.45) is 0 Å². The van der Waals surface area contributed by atoms with Gasteiger partial charge in [0.05, 0.1) is 0 Å². The average molecular weight is 309 g/mol. The van der Waals surface area contributed by atoms with E-state index in [9.17, 15) is 9.59 Å². The molecule has 0 saturated carbocycles. The second-order valence-corrected chi connectivity index (χ2v) is 8.43. The van der Waals surface area contributed by atoms with Gasteiger partial charge in [-0.1, -0.05) is 53.7 Å². The van der Waals surface area contributed by atoms with E-state index >= 15 is 0 Å². The first-order valence-corrected chi connectivity index (χ1v) is 7.97. The summed E-state index contributed by atoms with van der Waals surface area (Å²) >= 11 is 0. The minimum Gasteiger partial charge on any atom is -0.288 e. The van der Waals surface area contributed by atoms with Gasteiger partial charge < -0.3 is 0 Å². The lowest BCUT2D eigenvalue weighted by Gasteiger charge is -2.26. The number of rotatable bonds is 0. The van der Waals surface area contributed by atoms with E-state index in [1.807, 2.05) is 12.1 Å². The molecule has 0 saturated heterocycles. The number of carbonyl (C=O) groups excluding carboxylic acids is 2. The van der Waals surface area contributed by atoms with E-state index in [1.54, 1.807) is 0 Å². The van der Waals surface area contributed by atoms with Gasteiger partial charge in [-0.3, -0.25) is 14.9 Å². The molecule has 0 bridgehead atoms. The van der Waals surface area contributed by atoms with E-state index in [1.165, 1.54) is 0 Å². The van der Waals surface area contributed by atoms with Crippen LogP contribution in [0.15, 0.2) is 24.3 Å². The highest BCUT2D eigenvalue weighted by Gasteiger charge is 2.29. The number of benzene rings is 2. The zero-order valence-corrected chi connectivity index (χ0v) is 14.6. The van der Waals surface area contributed by atoms with Crippen molar-refractivity contribution < 1.29 is 9.59 Å². The molecule has 2 aromatic carbocycles. The Morgan fingerprint density at radius 1 is 0.696 bits per heavy atom. The molecule has 0 unspecified atom stereocenters. The van der Waals surface area contributed by atoms with Gasteiger partial charge in [-0.05, 0) is 39.5 Å². The average Bonchev–Trinajstić information content (AvgIpc) is 2.41. The number of nitrogens with one attached hydrogen (secondary N) is 1. The topological polar surface area (TPSA) is 46.2 Å². The van der Waals surface area contributed by atoms with Crippen LogP contribution in [0.5, 0.6) is 0 Å². The van der Waals surface area contributed by atoms with Gasteiger partial charge in [-0.15, -0.1) is 0 Å². The van der Waals surface area contributed by atoms with Crippen LogP contribution in [0, 0.1) is 0 Å². The zero-order valence-electron chi connectivity index (χ0n) is 14.6. The molecule has 0 radical (unpaired) electrons. The van der Waals surface area contributed by atoms with Crippen LogP contribution in [-0.2, 0) is 10.8 Å². The van der Waals surface area contributed by atoms with Gasteiger partial charge in [0.2, 0.25) is 0 Å². The monoisotopic (exact) mass is 309 g/mol. The van der Waals surface area contributed by atoms with Crippen LogP contribution in [0.2, 0.25) is 0 Å². The van der Waals surface area contributed by atoms with Crippen molar-refractivity contribution in [1.29, 1.82) is 0 Å². The minimum atomic E-state index is -0.304. The zero-order chi connectivity index (χ0) is 17.2. The van der Waals surface area contributed by atoms with Crippen molar-refractivity contribution in [1.82, 2.24) is 5.32 Å². The molecular formula is C20H23NO2. The lowest BCUT2D eigenvalue weighted by Crippen LogP contribution is -2.35. The largest absolute Gasteiger partial charge is 0.288 e. The standard InChI is InChI=1S/C20H23NO2/c1-19(2,3)12-7-11-8-13(20(4,5)6)10-15-16(11)14(9-12)17(22)21-18(15)23/h7-10H,1-6H3,(H,21,22,23). The van der Waals surface area contributed by atoms with Gasteiger partial charge in [0.25, 0.3) is 11.8 Å². The number of amides is 2. The quantitative estimate of drug-likeness (QED) is 0.737. The SMILES string of the molecule is CC(C)(C)c1cc2c3c(cc(C(C)(C)C)cc3c1)C(=O)NC2=O. The number of hydrogen-bond acceptors (Lipinski definition) is 2. The van der Waals surface area contributed by atoms with Gasteiger partial charge in [0, 0.05) is 16.5 Å². The predicted octanol–water partition coefficient (Wildman–Crippen LogP) is 4.32. The molecule has 2 aromatic rings. The molecule has 0 fully saturated rings. The van der Waals surface area contributed by atoms with Crippen molar-refractivity contribution in [2.75, 3.05) is 0 Å². The van der Waals surface area contributed by atoms with Gasteiger partial charge in [0.1, 0.15) is 0 Å². The molecule has 2 amide bonds. The Morgan fingerprint density at radius 3 is 1.43 bits per heavy atom. The molecule has 0 atom stereocenters. The summed E-state index contributed by atoms with van der Waals surface area (Å²) in [6.07, 6.45) is 0. The van der Waals surface area contributed by atoms with Crippen LogP contribution < -0.4 is 5.32 Å². The Labute approximate surface area is 137 Å². The van der Waals surface area contributed by atoms with Crippen LogP contribution in [0.1, 0.15) is 73.4 Å². The van der Waals surface area contributed by atoms with Crippen molar-refractivity contribution in [3.05, 3.63) is 46.5 Å². The number of carbonyl (C=O) groups is 2. The second kappa shape index (κ2) is 4.67. The summed E-state index contributed by atoms with van der Waals surface area (Å²) in [5.41, 5.74) is 3.27. The molecule has 1 N–H and O–H groups in total. The third kappa shape index (κ3) is 2.54. The molecule has 3 rings (SSSR count). The summed E-state index contributed by atoms with van der Waals surface area (Å²) in [6, 6.07) is 8.07. The maximum Gasteiger partial charge on any atom is 0.258 e. The van der Waals surface area contributed by atoms with E-state index in [2.05, 4.69) is 59.0 Å². The van der Waals surface area contributed by atoms with E-state index < -0.39 is 0 Å². The van der Waals surface area contributed by atoms with E-state index in [0.29, 0.717) is 11.1 Å². The Kier molecular flexibility index (Phi) is 3.19. The Balaban J connectivity index is 2.45. The first-order chi connectivity index (χ1) is 10.5. The normalized spacial score (nSPS) is 15.0. The molecule has 0 aliphatic carbocycles. The fourth-order valence-electron chi connectivity index (χ4n) is 2.98. The molecule has 3 nitrogen and oxygen atoms in total. The molecule has 23 heavy (non-hydrogen) atoms. The van der Waals surface area contributed by atoms with Crippen molar-refractivity contribution in [3.63, 3.8) is 0 Å². The van der Waals surface area contributed by atoms with Crippen LogP contribution in [0.3, 0.4) is 0 Å². The molecular weight excluding hydrogens is 286 g/mol. The lowest BCUT2D eigenvalue weighted by atomic mass is 9.79. The molecule has 0 spiro atoms. The summed E-state index contributed by atoms with van der Waals surface area (Å²) in [5.74, 6) is -0.607. The van der Waals surface area contributed by atoms with Crippen LogP contribution >= 0.6 is 0 Å². The van der Waals surface area contributed by atoms with Crippen LogP contribution in [-0.4, -0.2) is 11.8 Å². The van der Waals surface area contributed by atoms with E-state index in [-0.39, 0.29) is 22.6 Å². The first-order valence-electron chi connectivity index (χ1n) is 7.97. The van der Waals surface area contributed by atoms with Gasteiger partial charge >= 0.3 is 0 Å². The maximum atomic E-state index is 12.3. The molecule has 1 aliphatic heterocycles. The van der Waals surface area contributed by atoms with Gasteiger partial charge in [-0.2, -0.15) is 0 Å². The summed E-state index contributed by atoms with van der Waals surface area (Å²) in [6.45, 7) is 12.8. The van der Waals surface area contributed by atoms with Crippen LogP contribution in [0.25, 0.3) is 10.8 Å². The Hall–Kier alpha value is -2.16. The summed E-state index contributed by atoms with van der Waals surface area (Å²) < 4.78 is 0. The third-order valence-corrected chi connectivity index (χ3v) is 4.50. The van der Waals surface area contributed by atoms with Crippen molar-refractivity contribution in [3.8, 4) is 0 Å². The highest BCUT2D eigenvalue weighted by Crippen LogP contribution is 2.36. The Bertz CT molecular complexity index is 782. The molecule has 1 heterocycles. The minimum absolute atomic E-state index is 0.0652. The predicted molar refractivity (Wildman–Crippen MR) is 93.1 cm³/mol. The van der Waals surface area contributed by atoms with E-state index in [0.717, 1.165) is 21.9 Å². The number of hydrogen-bond donors (Lipinski definition) is 1. The highest BCUT2D eigenvalue weighted by atomic mass is 16.2. The molecule has 3 heteroatoms. The molecule has 1 aliphatic rings. The fourth-order valence-corrected chi connectivity index (χ4v) is 2.98. The van der Waals surface area contributed by atoms with Gasteiger partial charge in [-0.25, -0.2) is 0 Å². The van der Waals surface area contributed by atoms with Crippen LogP contribution in [0.4, 0.5) is 0 Å². The van der Waals surface area contributed by atoms with Crippen molar-refractivity contribution >= 4 is 22.6 Å². The smallest absolute Gasteiger partial charge is 0.258 e. The molecule has 0 aromatic heterocycles. The number of imide groups is 1. The first kappa shape index (κ1) is 15.7. The highest BCUT2D eigenvalue weighted by molar-refractivity contribution is 6.25. The summed E-state index contributed by atoms with van der Waals surface area (Å²) in [4.78, 5) is 24.6. The summed E-state index contributed by atoms with van der Waals surface area (Å²) in [7, 11) is 0. The third-order valence-electron chi connectivity index (χ3n) is 4.50. The van der Waals surface area contributed by atoms with Gasteiger partial charge in [0.15, 0.2) is 0 Å². The maximum absolute atomic E-state index is 12.3. The van der Waals surface area contributed by atoms with E-state index in [4.69, 9.17) is 0 Å². The summed E-state index contributed by atoms with van der Waals surface area (Å²) in [5, 5.41) is 4.22. The Morgan fingerprint density at radius 2 is 1.09 bits per heavy atom. The van der Waals surface area contributed by atoms with Crippen molar-refractivity contribution in [2.45, 2.75) is 52.4 Å².